The highest BCUT2D eigenvalue weighted by Crippen LogP contribution is 2.33. The molecule has 2 aromatic carbocycles. The van der Waals surface area contributed by atoms with Crippen LogP contribution in [-0.4, -0.2) is 31.0 Å². The highest BCUT2D eigenvalue weighted by molar-refractivity contribution is 7.89. The van der Waals surface area contributed by atoms with Crippen LogP contribution in [0.15, 0.2) is 52.4 Å². The molecule has 0 saturated carbocycles. The monoisotopic (exact) mass is 446 g/mol. The van der Waals surface area contributed by atoms with Gasteiger partial charge in [-0.1, -0.05) is 23.5 Å². The van der Waals surface area contributed by atoms with Crippen LogP contribution in [0.2, 0.25) is 0 Å². The smallest absolute Gasteiger partial charge is 0.279 e. The van der Waals surface area contributed by atoms with Crippen molar-refractivity contribution in [1.82, 2.24) is 4.98 Å². The van der Waals surface area contributed by atoms with E-state index in [-0.39, 0.29) is 21.2 Å². The topological polar surface area (TPSA) is 135 Å². The molecule has 0 bridgehead atoms. The molecule has 4 rings (SSSR count). The van der Waals surface area contributed by atoms with Gasteiger partial charge >= 0.3 is 0 Å². The maximum absolute atomic E-state index is 13.6. The molecule has 0 aliphatic carbocycles. The van der Waals surface area contributed by atoms with E-state index < -0.39 is 21.7 Å². The van der Waals surface area contributed by atoms with E-state index in [2.05, 4.69) is 15.3 Å². The second-order valence-corrected chi connectivity index (χ2v) is 9.05. The zero-order valence-electron chi connectivity index (χ0n) is 15.3. The van der Waals surface area contributed by atoms with Crippen molar-refractivity contribution in [2.75, 3.05) is 11.9 Å². The molecule has 0 unspecified atom stereocenters. The molecule has 11 heteroatoms. The van der Waals surface area contributed by atoms with Crippen LogP contribution in [0.1, 0.15) is 10.4 Å². The number of primary sulfonamides is 1. The van der Waals surface area contributed by atoms with Crippen LogP contribution in [0, 0.1) is 5.82 Å². The minimum atomic E-state index is -3.73. The van der Waals surface area contributed by atoms with Gasteiger partial charge in [0.1, 0.15) is 10.7 Å². The Kier molecular flexibility index (Phi) is 5.10. The fourth-order valence-corrected chi connectivity index (χ4v) is 4.47. The molecule has 154 valence electrons. The number of amides is 1. The summed E-state index contributed by atoms with van der Waals surface area (Å²) in [7, 11) is -3.73. The maximum Gasteiger partial charge on any atom is 0.279 e. The first-order valence-corrected chi connectivity index (χ1v) is 11.1. The van der Waals surface area contributed by atoms with Gasteiger partial charge < -0.3 is 10.4 Å². The molecule has 1 amide bonds. The van der Waals surface area contributed by atoms with Crippen LogP contribution in [-0.2, 0) is 21.2 Å². The normalized spacial score (nSPS) is 13.3. The molecule has 30 heavy (non-hydrogen) atoms. The summed E-state index contributed by atoms with van der Waals surface area (Å²) in [5.41, 5.74) is 0.991. The van der Waals surface area contributed by atoms with Gasteiger partial charge in [0.15, 0.2) is 5.13 Å². The van der Waals surface area contributed by atoms with Gasteiger partial charge in [0, 0.05) is 11.8 Å². The summed E-state index contributed by atoms with van der Waals surface area (Å²) in [5, 5.41) is 19.4. The Bertz CT molecular complexity index is 1380. The number of aromatic nitrogens is 1. The standard InChI is InChI=1S/C19H15FN4O4S2/c20-11-3-6-14-13(9-11)15(17(25)23-14)16-18(26)24-19(29-16)22-8-7-10-1-4-12(5-2-10)30(21,27)28/h1-6,9,26H,7-8H2,(H,22,24)(H2,21,27,28). The predicted molar refractivity (Wildman–Crippen MR) is 108 cm³/mol. The Morgan fingerprint density at radius 2 is 1.90 bits per heavy atom. The number of benzene rings is 2. The van der Waals surface area contributed by atoms with Crippen molar-refractivity contribution >= 4 is 38.0 Å². The van der Waals surface area contributed by atoms with E-state index in [0.29, 0.717) is 28.7 Å². The lowest BCUT2D eigenvalue weighted by molar-refractivity contribution is -0.112. The van der Waals surface area contributed by atoms with Crippen molar-refractivity contribution in [3.05, 3.63) is 69.3 Å². The zero-order chi connectivity index (χ0) is 21.5. The number of thiazole rings is 1. The van der Waals surface area contributed by atoms with Crippen LogP contribution in [0.25, 0.3) is 5.57 Å². The van der Waals surface area contributed by atoms with Gasteiger partial charge in [0.05, 0.1) is 15.8 Å². The summed E-state index contributed by atoms with van der Waals surface area (Å²) in [4.78, 5) is 20.4. The summed E-state index contributed by atoms with van der Waals surface area (Å²) >= 11 is 1.06. The van der Waals surface area contributed by atoms with E-state index in [1.54, 1.807) is 12.1 Å². The first-order valence-electron chi connectivity index (χ1n) is 8.71. The maximum atomic E-state index is 13.6. The first kappa shape index (κ1) is 20.1. The molecule has 0 saturated heterocycles. The number of rotatable bonds is 6. The van der Waals surface area contributed by atoms with E-state index in [4.69, 9.17) is 5.14 Å². The number of carbonyl (C=O) groups is 1. The Balaban J connectivity index is 1.51. The minimum Gasteiger partial charge on any atom is -0.492 e. The zero-order valence-corrected chi connectivity index (χ0v) is 16.9. The lowest BCUT2D eigenvalue weighted by Crippen LogP contribution is -2.23. The third-order valence-corrected chi connectivity index (χ3v) is 6.39. The summed E-state index contributed by atoms with van der Waals surface area (Å²) in [5.74, 6) is -1.40. The Hall–Kier alpha value is -3.15. The van der Waals surface area contributed by atoms with E-state index in [1.165, 1.54) is 30.3 Å². The van der Waals surface area contributed by atoms with Crippen molar-refractivity contribution < 1.29 is 22.7 Å². The van der Waals surface area contributed by atoms with Crippen LogP contribution < -0.4 is 21.0 Å². The van der Waals surface area contributed by atoms with Crippen molar-refractivity contribution in [3.63, 3.8) is 0 Å². The molecule has 2 heterocycles. The van der Waals surface area contributed by atoms with Crippen molar-refractivity contribution in [1.29, 1.82) is 0 Å². The summed E-state index contributed by atoms with van der Waals surface area (Å²) in [6.45, 7) is 0.444. The number of nitrogens with two attached hydrogens (primary N) is 1. The second kappa shape index (κ2) is 7.59. The SMILES string of the molecule is NS(=O)(=O)c1ccc(CCNc2nc(O)c(C3=c4cc(F)ccc4=NC3=O)s2)cc1. The lowest BCUT2D eigenvalue weighted by atomic mass is 10.1. The van der Waals surface area contributed by atoms with Gasteiger partial charge in [-0.3, -0.25) is 4.79 Å². The molecule has 0 radical (unpaired) electrons. The molecular formula is C19H15FN4O4S2. The number of hydrogen-bond acceptors (Lipinski definition) is 7. The highest BCUT2D eigenvalue weighted by atomic mass is 32.2. The van der Waals surface area contributed by atoms with Crippen molar-refractivity contribution in [2.24, 2.45) is 10.1 Å². The molecule has 1 aliphatic heterocycles. The first-order chi connectivity index (χ1) is 14.2. The number of hydrogen-bond donors (Lipinski definition) is 3. The Labute approximate surface area is 174 Å². The van der Waals surface area contributed by atoms with Crippen LogP contribution >= 0.6 is 11.3 Å². The van der Waals surface area contributed by atoms with Gasteiger partial charge in [-0.2, -0.15) is 4.98 Å². The number of sulfonamides is 1. The third kappa shape index (κ3) is 3.95. The third-order valence-electron chi connectivity index (χ3n) is 4.44. The number of anilines is 1. The number of aromatic hydroxyl groups is 1. The van der Waals surface area contributed by atoms with Crippen LogP contribution in [0.5, 0.6) is 5.88 Å². The quantitative estimate of drug-likeness (QED) is 0.509. The summed E-state index contributed by atoms with van der Waals surface area (Å²) in [6, 6.07) is 10.0. The van der Waals surface area contributed by atoms with E-state index in [1.807, 2.05) is 0 Å². The van der Waals surface area contributed by atoms with Gasteiger partial charge in [-0.05, 0) is 42.3 Å². The number of fused-ring (bicyclic) bond motifs is 1. The molecule has 4 N–H and O–H groups in total. The van der Waals surface area contributed by atoms with E-state index >= 15 is 0 Å². The fraction of sp³-hybridized carbons (Fsp3) is 0.105. The minimum absolute atomic E-state index is 0.0362. The molecule has 0 atom stereocenters. The van der Waals surface area contributed by atoms with Crippen molar-refractivity contribution in [2.45, 2.75) is 11.3 Å². The predicted octanol–water partition coefficient (Wildman–Crippen LogP) is 0.649. The van der Waals surface area contributed by atoms with Gasteiger partial charge in [-0.25, -0.2) is 22.9 Å². The molecular weight excluding hydrogens is 431 g/mol. The summed E-state index contributed by atoms with van der Waals surface area (Å²) in [6.07, 6.45) is 0.555. The van der Waals surface area contributed by atoms with E-state index in [0.717, 1.165) is 16.9 Å². The molecule has 8 nitrogen and oxygen atoms in total. The average Bonchev–Trinajstić information content (AvgIpc) is 3.19. The fourth-order valence-electron chi connectivity index (χ4n) is 3.02. The number of nitrogens with one attached hydrogen (secondary N) is 1. The van der Waals surface area contributed by atoms with Crippen molar-refractivity contribution in [3.8, 4) is 5.88 Å². The number of nitrogens with zero attached hydrogens (tertiary/aromatic N) is 2. The summed E-state index contributed by atoms with van der Waals surface area (Å²) < 4.78 is 36.2. The van der Waals surface area contributed by atoms with Crippen LogP contribution in [0.4, 0.5) is 9.52 Å². The van der Waals surface area contributed by atoms with Gasteiger partial charge in [-0.15, -0.1) is 0 Å². The van der Waals surface area contributed by atoms with E-state index in [9.17, 15) is 22.7 Å². The lowest BCUT2D eigenvalue weighted by Gasteiger charge is -2.04. The second-order valence-electron chi connectivity index (χ2n) is 6.49. The molecule has 1 aromatic heterocycles. The van der Waals surface area contributed by atoms with Gasteiger partial charge in [0.25, 0.3) is 5.91 Å². The van der Waals surface area contributed by atoms with Crippen LogP contribution in [0.3, 0.4) is 0 Å². The highest BCUT2D eigenvalue weighted by Gasteiger charge is 2.25. The molecule has 0 fully saturated rings. The Morgan fingerprint density at radius 1 is 1.17 bits per heavy atom. The average molecular weight is 446 g/mol. The molecule has 3 aromatic rings. The largest absolute Gasteiger partial charge is 0.492 e. The van der Waals surface area contributed by atoms with Gasteiger partial charge in [0.2, 0.25) is 15.9 Å². The number of carbonyl (C=O) groups excluding carboxylic acids is 1. The molecule has 1 aliphatic rings. The number of halogens is 1. The molecule has 0 spiro atoms. The Morgan fingerprint density at radius 3 is 2.60 bits per heavy atom.